The van der Waals surface area contributed by atoms with Crippen molar-refractivity contribution in [2.24, 2.45) is 5.41 Å². The second kappa shape index (κ2) is 5.87. The van der Waals surface area contributed by atoms with E-state index in [0.29, 0.717) is 6.42 Å². The average molecular weight is 228 g/mol. The van der Waals surface area contributed by atoms with Crippen LogP contribution in [0.5, 0.6) is 0 Å². The van der Waals surface area contributed by atoms with E-state index < -0.39 is 6.04 Å². The summed E-state index contributed by atoms with van der Waals surface area (Å²) in [6.07, 6.45) is 0.390. The molecule has 0 aliphatic heterocycles. The smallest absolute Gasteiger partial charge is 0.243 e. The van der Waals surface area contributed by atoms with Gasteiger partial charge in [-0.2, -0.15) is 0 Å². The van der Waals surface area contributed by atoms with Crippen molar-refractivity contribution < 1.29 is 9.59 Å². The van der Waals surface area contributed by atoms with E-state index in [-0.39, 0.29) is 23.3 Å². The standard InChI is InChI=1S/C12H24N2O2/c1-7-9(15)14-10(12(4,5)6)11(16)13-8(2)3/h8,10H,7H2,1-6H3,(H,13,16)(H,14,15). The molecule has 0 fully saturated rings. The molecule has 4 heteroatoms. The van der Waals surface area contributed by atoms with Gasteiger partial charge in [-0.05, 0) is 19.3 Å². The van der Waals surface area contributed by atoms with Crippen LogP contribution in [-0.4, -0.2) is 23.9 Å². The summed E-state index contributed by atoms with van der Waals surface area (Å²) in [6.45, 7) is 11.4. The third kappa shape index (κ3) is 5.14. The van der Waals surface area contributed by atoms with E-state index in [0.717, 1.165) is 0 Å². The summed E-state index contributed by atoms with van der Waals surface area (Å²) in [7, 11) is 0. The lowest BCUT2D eigenvalue weighted by Crippen LogP contribution is -2.54. The summed E-state index contributed by atoms with van der Waals surface area (Å²) in [5.74, 6) is -0.219. The van der Waals surface area contributed by atoms with E-state index in [9.17, 15) is 9.59 Å². The zero-order valence-electron chi connectivity index (χ0n) is 11.2. The molecule has 0 saturated carbocycles. The Morgan fingerprint density at radius 3 is 1.94 bits per heavy atom. The molecule has 0 aromatic heterocycles. The van der Waals surface area contributed by atoms with Gasteiger partial charge in [-0.1, -0.05) is 27.7 Å². The van der Waals surface area contributed by atoms with Crippen molar-refractivity contribution in [1.29, 1.82) is 0 Å². The van der Waals surface area contributed by atoms with Crippen molar-refractivity contribution in [3.8, 4) is 0 Å². The van der Waals surface area contributed by atoms with Gasteiger partial charge >= 0.3 is 0 Å². The molecule has 0 spiro atoms. The maximum Gasteiger partial charge on any atom is 0.243 e. The summed E-state index contributed by atoms with van der Waals surface area (Å²) >= 11 is 0. The fraction of sp³-hybridized carbons (Fsp3) is 0.833. The molecule has 16 heavy (non-hydrogen) atoms. The summed E-state index contributed by atoms with van der Waals surface area (Å²) in [6, 6.07) is -0.404. The van der Waals surface area contributed by atoms with Gasteiger partial charge in [-0.3, -0.25) is 9.59 Å². The van der Waals surface area contributed by atoms with Crippen LogP contribution in [-0.2, 0) is 9.59 Å². The lowest BCUT2D eigenvalue weighted by atomic mass is 9.86. The van der Waals surface area contributed by atoms with E-state index in [2.05, 4.69) is 10.6 Å². The molecule has 2 amide bonds. The predicted molar refractivity (Wildman–Crippen MR) is 65.0 cm³/mol. The molecule has 0 bridgehead atoms. The van der Waals surface area contributed by atoms with Gasteiger partial charge in [0.05, 0.1) is 0 Å². The highest BCUT2D eigenvalue weighted by molar-refractivity contribution is 5.88. The van der Waals surface area contributed by atoms with Crippen molar-refractivity contribution in [3.05, 3.63) is 0 Å². The molecule has 4 nitrogen and oxygen atoms in total. The molecule has 0 aliphatic rings. The predicted octanol–water partition coefficient (Wildman–Crippen LogP) is 1.45. The minimum absolute atomic E-state index is 0.0795. The fourth-order valence-electron chi connectivity index (χ4n) is 1.31. The van der Waals surface area contributed by atoms with Crippen molar-refractivity contribution in [1.82, 2.24) is 10.6 Å². The Balaban J connectivity index is 4.68. The largest absolute Gasteiger partial charge is 0.352 e. The lowest BCUT2D eigenvalue weighted by molar-refractivity contribution is -0.131. The minimum atomic E-state index is -0.484. The third-order valence-electron chi connectivity index (χ3n) is 2.19. The Labute approximate surface area is 98.2 Å². The fourth-order valence-corrected chi connectivity index (χ4v) is 1.31. The van der Waals surface area contributed by atoms with Crippen LogP contribution in [0.3, 0.4) is 0 Å². The zero-order valence-corrected chi connectivity index (χ0v) is 11.2. The summed E-state index contributed by atoms with van der Waals surface area (Å²) < 4.78 is 0. The average Bonchev–Trinajstić information content (AvgIpc) is 2.10. The zero-order chi connectivity index (χ0) is 12.9. The monoisotopic (exact) mass is 228 g/mol. The van der Waals surface area contributed by atoms with Gasteiger partial charge in [0.1, 0.15) is 6.04 Å². The number of amides is 2. The van der Waals surface area contributed by atoms with Crippen LogP contribution < -0.4 is 10.6 Å². The number of nitrogens with one attached hydrogen (secondary N) is 2. The van der Waals surface area contributed by atoms with Crippen molar-refractivity contribution in [3.63, 3.8) is 0 Å². The molecule has 0 aromatic rings. The molecule has 0 aromatic carbocycles. The van der Waals surface area contributed by atoms with Gasteiger partial charge in [-0.25, -0.2) is 0 Å². The second-order valence-corrected chi connectivity index (χ2v) is 5.38. The molecule has 0 saturated heterocycles. The van der Waals surface area contributed by atoms with Crippen LogP contribution >= 0.6 is 0 Å². The lowest BCUT2D eigenvalue weighted by Gasteiger charge is -2.30. The Hall–Kier alpha value is -1.06. The van der Waals surface area contributed by atoms with Crippen molar-refractivity contribution >= 4 is 11.8 Å². The quantitative estimate of drug-likeness (QED) is 0.765. The number of hydrogen-bond donors (Lipinski definition) is 2. The van der Waals surface area contributed by atoms with E-state index in [1.54, 1.807) is 6.92 Å². The molecule has 0 heterocycles. The molecule has 94 valence electrons. The van der Waals surface area contributed by atoms with E-state index in [4.69, 9.17) is 0 Å². The molecule has 0 rings (SSSR count). The molecular formula is C12H24N2O2. The van der Waals surface area contributed by atoms with Crippen LogP contribution in [0.4, 0.5) is 0 Å². The first kappa shape index (κ1) is 14.9. The first-order valence-electron chi connectivity index (χ1n) is 5.78. The van der Waals surface area contributed by atoms with Crippen molar-refractivity contribution in [2.75, 3.05) is 0 Å². The Morgan fingerprint density at radius 2 is 1.62 bits per heavy atom. The number of carbonyl (C=O) groups excluding carboxylic acids is 2. The second-order valence-electron chi connectivity index (χ2n) is 5.38. The van der Waals surface area contributed by atoms with E-state index >= 15 is 0 Å². The van der Waals surface area contributed by atoms with Gasteiger partial charge in [0, 0.05) is 12.5 Å². The maximum atomic E-state index is 11.9. The first-order valence-corrected chi connectivity index (χ1v) is 5.78. The molecule has 2 N–H and O–H groups in total. The number of hydrogen-bond acceptors (Lipinski definition) is 2. The Kier molecular flexibility index (Phi) is 5.48. The van der Waals surface area contributed by atoms with Crippen LogP contribution in [0, 0.1) is 5.41 Å². The summed E-state index contributed by atoms with van der Waals surface area (Å²) in [4.78, 5) is 23.3. The van der Waals surface area contributed by atoms with Gasteiger partial charge in [0.15, 0.2) is 0 Å². The number of rotatable bonds is 4. The summed E-state index contributed by atoms with van der Waals surface area (Å²) in [5.41, 5.74) is -0.288. The topological polar surface area (TPSA) is 58.2 Å². The number of carbonyl (C=O) groups is 2. The highest BCUT2D eigenvalue weighted by Crippen LogP contribution is 2.19. The van der Waals surface area contributed by atoms with E-state index in [1.807, 2.05) is 34.6 Å². The SMILES string of the molecule is CCC(=O)NC(C(=O)NC(C)C)C(C)(C)C. The highest BCUT2D eigenvalue weighted by Gasteiger charge is 2.32. The van der Waals surface area contributed by atoms with E-state index in [1.165, 1.54) is 0 Å². The molecule has 0 aliphatic carbocycles. The van der Waals surface area contributed by atoms with Gasteiger partial charge in [0.2, 0.25) is 11.8 Å². The van der Waals surface area contributed by atoms with Crippen LogP contribution in [0.25, 0.3) is 0 Å². The van der Waals surface area contributed by atoms with Gasteiger partial charge in [0.25, 0.3) is 0 Å². The highest BCUT2D eigenvalue weighted by atomic mass is 16.2. The molecule has 0 radical (unpaired) electrons. The van der Waals surface area contributed by atoms with Crippen LogP contribution in [0.15, 0.2) is 0 Å². The van der Waals surface area contributed by atoms with Crippen LogP contribution in [0.2, 0.25) is 0 Å². The maximum absolute atomic E-state index is 11.9. The van der Waals surface area contributed by atoms with Crippen molar-refractivity contribution in [2.45, 2.75) is 60.0 Å². The molecule has 1 atom stereocenters. The van der Waals surface area contributed by atoms with Crippen LogP contribution in [0.1, 0.15) is 48.0 Å². The minimum Gasteiger partial charge on any atom is -0.352 e. The summed E-state index contributed by atoms with van der Waals surface area (Å²) in [5, 5.41) is 5.59. The Morgan fingerprint density at radius 1 is 1.12 bits per heavy atom. The third-order valence-corrected chi connectivity index (χ3v) is 2.19. The van der Waals surface area contributed by atoms with Gasteiger partial charge in [-0.15, -0.1) is 0 Å². The van der Waals surface area contributed by atoms with Gasteiger partial charge < -0.3 is 10.6 Å². The molecule has 1 unspecified atom stereocenters. The molecular weight excluding hydrogens is 204 g/mol. The normalized spacial score (nSPS) is 13.4. The first-order chi connectivity index (χ1) is 7.18. The Bertz CT molecular complexity index is 254.